The van der Waals surface area contributed by atoms with Crippen molar-refractivity contribution in [3.63, 3.8) is 0 Å². The van der Waals surface area contributed by atoms with E-state index in [9.17, 15) is 9.59 Å². The minimum atomic E-state index is -0.370. The zero-order valence-corrected chi connectivity index (χ0v) is 21.0. The molecule has 168 valence electrons. The number of piperidine rings is 1. The standard InChI is InChI=1S/C21H39N5O2.HI/c1-5-22-20(23-14-11-18(27)26-15-9-6-10-17(26)2)24-16-21(12-7-8-13-21)19(28)25(3)4;/h17H,5-16H2,1-4H3,(H2,22,23,24);1H. The number of halogens is 1. The van der Waals surface area contributed by atoms with Crippen molar-refractivity contribution in [3.8, 4) is 0 Å². The van der Waals surface area contributed by atoms with E-state index in [1.165, 1.54) is 6.42 Å². The largest absolute Gasteiger partial charge is 0.357 e. The third-order valence-corrected chi connectivity index (χ3v) is 6.06. The minimum absolute atomic E-state index is 0. The second kappa shape index (κ2) is 12.6. The summed E-state index contributed by atoms with van der Waals surface area (Å²) in [5.74, 6) is 1.09. The minimum Gasteiger partial charge on any atom is -0.357 e. The zero-order chi connectivity index (χ0) is 20.6. The van der Waals surface area contributed by atoms with Crippen LogP contribution < -0.4 is 10.6 Å². The number of rotatable bonds is 7. The van der Waals surface area contributed by atoms with Gasteiger partial charge < -0.3 is 20.4 Å². The molecule has 1 aliphatic heterocycles. The van der Waals surface area contributed by atoms with Gasteiger partial charge in [-0.2, -0.15) is 0 Å². The van der Waals surface area contributed by atoms with Gasteiger partial charge in [0.15, 0.2) is 5.96 Å². The molecule has 0 aromatic carbocycles. The van der Waals surface area contributed by atoms with E-state index in [0.717, 1.165) is 51.6 Å². The first-order valence-electron chi connectivity index (χ1n) is 10.9. The van der Waals surface area contributed by atoms with Crippen LogP contribution in [0.4, 0.5) is 0 Å². The molecule has 7 nitrogen and oxygen atoms in total. The maximum atomic E-state index is 12.7. The van der Waals surface area contributed by atoms with E-state index < -0.39 is 0 Å². The number of hydrogen-bond donors (Lipinski definition) is 2. The second-order valence-corrected chi connectivity index (χ2v) is 8.49. The van der Waals surface area contributed by atoms with Gasteiger partial charge in [0.25, 0.3) is 0 Å². The van der Waals surface area contributed by atoms with Crippen molar-refractivity contribution >= 4 is 41.8 Å². The third-order valence-electron chi connectivity index (χ3n) is 6.06. The highest BCUT2D eigenvalue weighted by Gasteiger charge is 2.42. The highest BCUT2D eigenvalue weighted by atomic mass is 127. The van der Waals surface area contributed by atoms with Crippen LogP contribution in [-0.4, -0.2) is 73.9 Å². The van der Waals surface area contributed by atoms with E-state index in [0.29, 0.717) is 31.5 Å². The number of nitrogens with one attached hydrogen (secondary N) is 2. The summed E-state index contributed by atoms with van der Waals surface area (Å²) in [4.78, 5) is 33.6. The van der Waals surface area contributed by atoms with E-state index in [1.807, 2.05) is 25.9 Å². The molecule has 1 saturated carbocycles. The molecule has 8 heteroatoms. The molecule has 0 spiro atoms. The second-order valence-electron chi connectivity index (χ2n) is 8.49. The zero-order valence-electron chi connectivity index (χ0n) is 18.6. The van der Waals surface area contributed by atoms with E-state index in [4.69, 9.17) is 4.99 Å². The van der Waals surface area contributed by atoms with Crippen molar-refractivity contribution < 1.29 is 9.59 Å². The fraction of sp³-hybridized carbons (Fsp3) is 0.857. The van der Waals surface area contributed by atoms with Gasteiger partial charge in [-0.15, -0.1) is 24.0 Å². The fourth-order valence-corrected chi connectivity index (χ4v) is 4.44. The molecule has 1 heterocycles. The summed E-state index contributed by atoms with van der Waals surface area (Å²) >= 11 is 0. The smallest absolute Gasteiger partial charge is 0.230 e. The number of aliphatic imine (C=N–C) groups is 1. The molecule has 29 heavy (non-hydrogen) atoms. The summed E-state index contributed by atoms with van der Waals surface area (Å²) in [5, 5.41) is 6.52. The van der Waals surface area contributed by atoms with Crippen LogP contribution in [0.5, 0.6) is 0 Å². The third kappa shape index (κ3) is 7.29. The van der Waals surface area contributed by atoms with Gasteiger partial charge >= 0.3 is 0 Å². The maximum Gasteiger partial charge on any atom is 0.230 e. The van der Waals surface area contributed by atoms with Gasteiger partial charge in [0.1, 0.15) is 0 Å². The predicted octanol–water partition coefficient (Wildman–Crippen LogP) is 2.60. The lowest BCUT2D eigenvalue weighted by atomic mass is 9.85. The summed E-state index contributed by atoms with van der Waals surface area (Å²) in [5.41, 5.74) is -0.370. The van der Waals surface area contributed by atoms with Crippen LogP contribution in [0, 0.1) is 5.41 Å². The lowest BCUT2D eigenvalue weighted by Crippen LogP contribution is -2.45. The number of hydrogen-bond acceptors (Lipinski definition) is 3. The Labute approximate surface area is 193 Å². The summed E-state index contributed by atoms with van der Waals surface area (Å²) in [6.07, 6.45) is 7.87. The molecule has 1 aliphatic carbocycles. The van der Waals surface area contributed by atoms with Gasteiger partial charge in [0.2, 0.25) is 11.8 Å². The first-order valence-corrected chi connectivity index (χ1v) is 10.9. The topological polar surface area (TPSA) is 77.0 Å². The molecule has 1 atom stereocenters. The Kier molecular flexibility index (Phi) is 11.3. The Morgan fingerprint density at radius 2 is 1.83 bits per heavy atom. The molecule has 0 radical (unpaired) electrons. The Balaban J connectivity index is 0.00000420. The van der Waals surface area contributed by atoms with Crippen LogP contribution in [0.2, 0.25) is 0 Å². The quantitative estimate of drug-likeness (QED) is 0.307. The van der Waals surface area contributed by atoms with E-state index in [1.54, 1.807) is 4.90 Å². The van der Waals surface area contributed by atoms with Crippen molar-refractivity contribution in [2.24, 2.45) is 10.4 Å². The Bertz CT molecular complexity index is 561. The average molecular weight is 521 g/mol. The normalized spacial score (nSPS) is 21.3. The highest BCUT2D eigenvalue weighted by molar-refractivity contribution is 14.0. The van der Waals surface area contributed by atoms with Crippen LogP contribution in [0.15, 0.2) is 4.99 Å². The number of amides is 2. The Morgan fingerprint density at radius 1 is 1.14 bits per heavy atom. The molecule has 2 amide bonds. The van der Waals surface area contributed by atoms with E-state index in [2.05, 4.69) is 17.6 Å². The monoisotopic (exact) mass is 521 g/mol. The summed E-state index contributed by atoms with van der Waals surface area (Å²) in [6, 6.07) is 0.349. The fourth-order valence-electron chi connectivity index (χ4n) is 4.44. The lowest BCUT2D eigenvalue weighted by molar-refractivity contribution is -0.138. The van der Waals surface area contributed by atoms with E-state index >= 15 is 0 Å². The van der Waals surface area contributed by atoms with Gasteiger partial charge in [-0.05, 0) is 46.0 Å². The molecule has 2 rings (SSSR count). The molecular formula is C21H40IN5O2. The first kappa shape index (κ1) is 26.0. The van der Waals surface area contributed by atoms with Crippen LogP contribution in [0.25, 0.3) is 0 Å². The number of likely N-dealkylation sites (tertiary alicyclic amines) is 1. The summed E-state index contributed by atoms with van der Waals surface area (Å²) in [6.45, 7) is 6.84. The number of carbonyl (C=O) groups excluding carboxylic acids is 2. The van der Waals surface area contributed by atoms with Crippen molar-refractivity contribution in [2.45, 2.75) is 71.3 Å². The molecule has 0 bridgehead atoms. The first-order chi connectivity index (χ1) is 13.4. The average Bonchev–Trinajstić information content (AvgIpc) is 3.15. The van der Waals surface area contributed by atoms with Crippen molar-refractivity contribution in [2.75, 3.05) is 40.3 Å². The van der Waals surface area contributed by atoms with Crippen molar-refractivity contribution in [1.29, 1.82) is 0 Å². The van der Waals surface area contributed by atoms with Gasteiger partial charge in [0, 0.05) is 46.2 Å². The van der Waals surface area contributed by atoms with Crippen molar-refractivity contribution in [1.82, 2.24) is 20.4 Å². The number of guanidine groups is 1. The van der Waals surface area contributed by atoms with Gasteiger partial charge in [-0.25, -0.2) is 0 Å². The molecule has 1 saturated heterocycles. The van der Waals surface area contributed by atoms with Crippen molar-refractivity contribution in [3.05, 3.63) is 0 Å². The highest BCUT2D eigenvalue weighted by Crippen LogP contribution is 2.39. The molecule has 0 aromatic rings. The molecule has 2 aliphatic rings. The van der Waals surface area contributed by atoms with E-state index in [-0.39, 0.29) is 41.2 Å². The van der Waals surface area contributed by atoms with Crippen LogP contribution in [0.3, 0.4) is 0 Å². The molecule has 2 fully saturated rings. The molecule has 0 aromatic heterocycles. The number of nitrogens with zero attached hydrogens (tertiary/aromatic N) is 3. The van der Waals surface area contributed by atoms with Gasteiger partial charge in [0.05, 0.1) is 12.0 Å². The van der Waals surface area contributed by atoms with Crippen LogP contribution >= 0.6 is 24.0 Å². The Hall–Kier alpha value is -1.06. The number of carbonyl (C=O) groups is 2. The summed E-state index contributed by atoms with van der Waals surface area (Å²) < 4.78 is 0. The van der Waals surface area contributed by atoms with Gasteiger partial charge in [-0.1, -0.05) is 12.8 Å². The van der Waals surface area contributed by atoms with Crippen LogP contribution in [0.1, 0.15) is 65.2 Å². The summed E-state index contributed by atoms with van der Waals surface area (Å²) in [7, 11) is 3.64. The molecule has 2 N–H and O–H groups in total. The molecule has 1 unspecified atom stereocenters. The van der Waals surface area contributed by atoms with Crippen LogP contribution in [-0.2, 0) is 9.59 Å². The van der Waals surface area contributed by atoms with Gasteiger partial charge in [-0.3, -0.25) is 14.6 Å². The lowest BCUT2D eigenvalue weighted by Gasteiger charge is -2.33. The SMILES string of the molecule is CCNC(=NCC1(C(=O)N(C)C)CCCC1)NCCC(=O)N1CCCCC1C.I. The predicted molar refractivity (Wildman–Crippen MR) is 129 cm³/mol. The Morgan fingerprint density at radius 3 is 2.41 bits per heavy atom. The maximum absolute atomic E-state index is 12.7. The molecular weight excluding hydrogens is 481 g/mol.